The van der Waals surface area contributed by atoms with Gasteiger partial charge in [-0.3, -0.25) is 9.69 Å². The highest BCUT2D eigenvalue weighted by Crippen LogP contribution is 2.20. The maximum atomic E-state index is 12.6. The van der Waals surface area contributed by atoms with Gasteiger partial charge in [0.25, 0.3) is 5.91 Å². The van der Waals surface area contributed by atoms with Gasteiger partial charge < -0.3 is 10.6 Å². The lowest BCUT2D eigenvalue weighted by Crippen LogP contribution is -2.49. The maximum Gasteiger partial charge on any atom is 0.254 e. The number of rotatable bonds is 3. The van der Waals surface area contributed by atoms with Gasteiger partial charge in [0.1, 0.15) is 0 Å². The molecule has 1 fully saturated rings. The summed E-state index contributed by atoms with van der Waals surface area (Å²) in [4.78, 5) is 17.1. The third kappa shape index (κ3) is 6.50. The van der Waals surface area contributed by atoms with Gasteiger partial charge in [-0.05, 0) is 43.0 Å². The minimum atomic E-state index is 0. The van der Waals surface area contributed by atoms with Gasteiger partial charge in [0.2, 0.25) is 0 Å². The molecule has 0 radical (unpaired) electrons. The molecule has 0 bridgehead atoms. The Balaban J connectivity index is 0.00000264. The first-order valence-electron chi connectivity index (χ1n) is 8.14. The molecule has 2 N–H and O–H groups in total. The van der Waals surface area contributed by atoms with Crippen molar-refractivity contribution in [1.82, 2.24) is 9.80 Å². The summed E-state index contributed by atoms with van der Waals surface area (Å²) in [6.07, 6.45) is 1.19. The number of hydrogen-bond acceptors (Lipinski definition) is 3. The van der Waals surface area contributed by atoms with E-state index < -0.39 is 0 Å². The Labute approximate surface area is 158 Å². The molecule has 1 aromatic carbocycles. The van der Waals surface area contributed by atoms with Crippen LogP contribution in [-0.4, -0.2) is 48.4 Å². The lowest BCUT2D eigenvalue weighted by Gasteiger charge is -2.36. The topological polar surface area (TPSA) is 49.6 Å². The standard InChI is InChI=1S/C18H29N3O.2ClH/c1-14-5-6-15(19)13-16(14)17(22)21-11-9-20(10-12-21)8-7-18(2,3)4;;/h5-6,13H,7-12,19H2,1-4H3;2*1H. The van der Waals surface area contributed by atoms with Crippen LogP contribution in [0.5, 0.6) is 0 Å². The zero-order valence-corrected chi connectivity index (χ0v) is 16.8. The number of carbonyl (C=O) groups is 1. The van der Waals surface area contributed by atoms with E-state index in [1.807, 2.05) is 24.0 Å². The molecule has 0 aliphatic carbocycles. The number of piperazine rings is 1. The van der Waals surface area contributed by atoms with Gasteiger partial charge in [0, 0.05) is 37.4 Å². The van der Waals surface area contributed by atoms with Gasteiger partial charge >= 0.3 is 0 Å². The van der Waals surface area contributed by atoms with Crippen molar-refractivity contribution in [3.05, 3.63) is 29.3 Å². The number of nitrogens with two attached hydrogens (primary N) is 1. The van der Waals surface area contributed by atoms with Crippen molar-refractivity contribution in [3.63, 3.8) is 0 Å². The van der Waals surface area contributed by atoms with Crippen molar-refractivity contribution in [1.29, 1.82) is 0 Å². The normalized spacial score (nSPS) is 15.4. The van der Waals surface area contributed by atoms with E-state index in [4.69, 9.17) is 5.73 Å². The van der Waals surface area contributed by atoms with Crippen molar-refractivity contribution in [2.24, 2.45) is 5.41 Å². The average Bonchev–Trinajstić information content (AvgIpc) is 2.47. The number of amides is 1. The van der Waals surface area contributed by atoms with E-state index in [1.54, 1.807) is 6.07 Å². The monoisotopic (exact) mass is 375 g/mol. The Morgan fingerprint density at radius 3 is 2.25 bits per heavy atom. The molecule has 0 atom stereocenters. The number of anilines is 1. The van der Waals surface area contributed by atoms with Crippen LogP contribution in [0, 0.1) is 12.3 Å². The fourth-order valence-electron chi connectivity index (χ4n) is 2.71. The van der Waals surface area contributed by atoms with Crippen LogP contribution in [-0.2, 0) is 0 Å². The Hall–Kier alpha value is -0.970. The Bertz CT molecular complexity index is 536. The predicted molar refractivity (Wildman–Crippen MR) is 107 cm³/mol. The zero-order valence-electron chi connectivity index (χ0n) is 15.2. The van der Waals surface area contributed by atoms with E-state index in [1.165, 1.54) is 6.42 Å². The average molecular weight is 376 g/mol. The summed E-state index contributed by atoms with van der Waals surface area (Å²) >= 11 is 0. The summed E-state index contributed by atoms with van der Waals surface area (Å²) < 4.78 is 0. The number of benzene rings is 1. The number of hydrogen-bond donors (Lipinski definition) is 1. The molecule has 138 valence electrons. The molecule has 1 aromatic rings. The second-order valence-electron chi connectivity index (χ2n) is 7.52. The van der Waals surface area contributed by atoms with E-state index >= 15 is 0 Å². The third-order valence-corrected chi connectivity index (χ3v) is 4.33. The van der Waals surface area contributed by atoms with Crippen LogP contribution < -0.4 is 5.73 Å². The smallest absolute Gasteiger partial charge is 0.254 e. The van der Waals surface area contributed by atoms with E-state index in [2.05, 4.69) is 25.7 Å². The molecule has 1 saturated heterocycles. The van der Waals surface area contributed by atoms with Crippen molar-refractivity contribution in [3.8, 4) is 0 Å². The van der Waals surface area contributed by atoms with Crippen molar-refractivity contribution in [2.75, 3.05) is 38.5 Å². The molecule has 1 aliphatic rings. The van der Waals surface area contributed by atoms with Crippen molar-refractivity contribution >= 4 is 36.4 Å². The van der Waals surface area contributed by atoms with E-state index in [0.29, 0.717) is 11.1 Å². The molecule has 2 rings (SSSR count). The number of nitrogens with zero attached hydrogens (tertiary/aromatic N) is 2. The van der Waals surface area contributed by atoms with Crippen LogP contribution in [0.15, 0.2) is 18.2 Å². The molecule has 1 aliphatic heterocycles. The predicted octanol–water partition coefficient (Wildman–Crippen LogP) is 3.61. The summed E-state index contributed by atoms with van der Waals surface area (Å²) in [7, 11) is 0. The van der Waals surface area contributed by atoms with E-state index in [-0.39, 0.29) is 30.7 Å². The number of nitrogen functional groups attached to an aromatic ring is 1. The molecule has 24 heavy (non-hydrogen) atoms. The summed E-state index contributed by atoms with van der Waals surface area (Å²) in [6.45, 7) is 13.4. The second-order valence-corrected chi connectivity index (χ2v) is 7.52. The highest BCUT2D eigenvalue weighted by Gasteiger charge is 2.24. The van der Waals surface area contributed by atoms with Gasteiger partial charge in [0.15, 0.2) is 0 Å². The first-order valence-corrected chi connectivity index (χ1v) is 8.14. The van der Waals surface area contributed by atoms with Crippen molar-refractivity contribution < 1.29 is 4.79 Å². The summed E-state index contributed by atoms with van der Waals surface area (Å²) in [5.41, 5.74) is 8.57. The van der Waals surface area contributed by atoms with Crippen LogP contribution in [0.3, 0.4) is 0 Å². The lowest BCUT2D eigenvalue weighted by molar-refractivity contribution is 0.0622. The largest absolute Gasteiger partial charge is 0.399 e. The van der Waals surface area contributed by atoms with E-state index in [0.717, 1.165) is 43.9 Å². The minimum Gasteiger partial charge on any atom is -0.399 e. The number of halogens is 2. The van der Waals surface area contributed by atoms with Crippen LogP contribution in [0.25, 0.3) is 0 Å². The van der Waals surface area contributed by atoms with Crippen LogP contribution in [0.1, 0.15) is 43.1 Å². The van der Waals surface area contributed by atoms with E-state index in [9.17, 15) is 4.79 Å². The molecule has 0 unspecified atom stereocenters. The van der Waals surface area contributed by atoms with Gasteiger partial charge in [-0.25, -0.2) is 0 Å². The highest BCUT2D eigenvalue weighted by molar-refractivity contribution is 5.96. The van der Waals surface area contributed by atoms with Gasteiger partial charge in [-0.1, -0.05) is 26.8 Å². The fraction of sp³-hybridized carbons (Fsp3) is 0.611. The maximum absolute atomic E-state index is 12.6. The first-order chi connectivity index (χ1) is 10.3. The second kappa shape index (κ2) is 9.50. The fourth-order valence-corrected chi connectivity index (χ4v) is 2.71. The molecular weight excluding hydrogens is 345 g/mol. The zero-order chi connectivity index (χ0) is 16.3. The van der Waals surface area contributed by atoms with Gasteiger partial charge in [0.05, 0.1) is 0 Å². The first kappa shape index (κ1) is 23.0. The number of carbonyl (C=O) groups excluding carboxylic acids is 1. The molecule has 4 nitrogen and oxygen atoms in total. The Kier molecular flexibility index (Phi) is 9.11. The van der Waals surface area contributed by atoms with Crippen LogP contribution in [0.4, 0.5) is 5.69 Å². The quantitative estimate of drug-likeness (QED) is 0.820. The van der Waals surface area contributed by atoms with Gasteiger partial charge in [-0.15, -0.1) is 24.8 Å². The molecule has 1 amide bonds. The number of aryl methyl sites for hydroxylation is 1. The summed E-state index contributed by atoms with van der Waals surface area (Å²) in [5, 5.41) is 0. The molecule has 0 saturated carbocycles. The Morgan fingerprint density at radius 1 is 1.12 bits per heavy atom. The molecule has 1 heterocycles. The molecular formula is C18H31Cl2N3O. The Morgan fingerprint density at radius 2 is 1.71 bits per heavy atom. The minimum absolute atomic E-state index is 0. The lowest BCUT2D eigenvalue weighted by atomic mass is 9.92. The third-order valence-electron chi connectivity index (χ3n) is 4.33. The van der Waals surface area contributed by atoms with Crippen molar-refractivity contribution in [2.45, 2.75) is 34.1 Å². The molecule has 6 heteroatoms. The van der Waals surface area contributed by atoms with Crippen LogP contribution >= 0.6 is 24.8 Å². The SMILES string of the molecule is Cc1ccc(N)cc1C(=O)N1CCN(CCC(C)(C)C)CC1.Cl.Cl. The van der Waals surface area contributed by atoms with Gasteiger partial charge in [-0.2, -0.15) is 0 Å². The summed E-state index contributed by atoms with van der Waals surface area (Å²) in [5.74, 6) is 0.111. The van der Waals surface area contributed by atoms with Crippen LogP contribution in [0.2, 0.25) is 0 Å². The molecule has 0 spiro atoms. The molecule has 0 aromatic heterocycles. The highest BCUT2D eigenvalue weighted by atomic mass is 35.5. The summed E-state index contributed by atoms with van der Waals surface area (Å²) in [6, 6.07) is 5.56.